The minimum absolute atomic E-state index is 0.0623. The molecule has 3 aromatic rings. The molecule has 0 aliphatic rings. The molecule has 0 fully saturated rings. The molecule has 0 unspecified atom stereocenters. The normalized spacial score (nSPS) is 11.2. The van der Waals surface area contributed by atoms with Gasteiger partial charge in [-0.15, -0.1) is 0 Å². The van der Waals surface area contributed by atoms with Gasteiger partial charge in [0.1, 0.15) is 5.82 Å². The van der Waals surface area contributed by atoms with Crippen molar-refractivity contribution in [2.75, 3.05) is 5.73 Å². The quantitative estimate of drug-likeness (QED) is 0.674. The summed E-state index contributed by atoms with van der Waals surface area (Å²) >= 11 is 0. The molecule has 0 aliphatic heterocycles. The number of aromatic nitrogens is 3. The van der Waals surface area contributed by atoms with E-state index in [1.54, 1.807) is 25.3 Å². The monoisotopic (exact) mass is 232 g/mol. The third kappa shape index (κ3) is 1.37. The van der Waals surface area contributed by atoms with Crippen molar-refractivity contribution in [1.29, 1.82) is 0 Å². The van der Waals surface area contributed by atoms with Crippen LogP contribution in [0.2, 0.25) is 0 Å². The summed E-state index contributed by atoms with van der Waals surface area (Å²) in [7, 11) is 0. The van der Waals surface area contributed by atoms with E-state index in [-0.39, 0.29) is 11.4 Å². The van der Waals surface area contributed by atoms with E-state index in [9.17, 15) is 4.39 Å². The van der Waals surface area contributed by atoms with Gasteiger partial charge in [-0.05, 0) is 19.1 Å². The largest absolute Gasteiger partial charge is 0.380 e. The summed E-state index contributed by atoms with van der Waals surface area (Å²) in [5.41, 5.74) is 6.59. The predicted molar refractivity (Wildman–Crippen MR) is 60.7 cm³/mol. The number of nitrogen functional groups attached to an aromatic ring is 1. The SMILES string of the molecule is Cc1ncc(-c2ccc3c(N)noc3c2F)[nH]1. The van der Waals surface area contributed by atoms with Crippen molar-refractivity contribution >= 4 is 16.8 Å². The highest BCUT2D eigenvalue weighted by Crippen LogP contribution is 2.30. The molecule has 86 valence electrons. The predicted octanol–water partition coefficient (Wildman–Crippen LogP) is 2.25. The molecule has 0 spiro atoms. The zero-order valence-corrected chi connectivity index (χ0v) is 8.99. The van der Waals surface area contributed by atoms with E-state index >= 15 is 0 Å². The molecule has 0 radical (unpaired) electrons. The van der Waals surface area contributed by atoms with Crippen LogP contribution in [0.1, 0.15) is 5.82 Å². The van der Waals surface area contributed by atoms with E-state index in [2.05, 4.69) is 15.1 Å². The summed E-state index contributed by atoms with van der Waals surface area (Å²) in [4.78, 5) is 6.99. The highest BCUT2D eigenvalue weighted by molar-refractivity contribution is 5.90. The van der Waals surface area contributed by atoms with Crippen LogP contribution in [-0.2, 0) is 0 Å². The topological polar surface area (TPSA) is 80.7 Å². The lowest BCUT2D eigenvalue weighted by Crippen LogP contribution is -1.87. The first-order chi connectivity index (χ1) is 8.16. The summed E-state index contributed by atoms with van der Waals surface area (Å²) in [6.45, 7) is 1.80. The standard InChI is InChI=1S/C11H9FN4O/c1-5-14-4-8(15-5)6-2-3-7-10(9(6)12)17-16-11(7)13/h2-4H,1H3,(H2,13,16)(H,14,15). The second-order valence-corrected chi connectivity index (χ2v) is 3.75. The number of aromatic amines is 1. The van der Waals surface area contributed by atoms with Crippen molar-refractivity contribution in [3.63, 3.8) is 0 Å². The van der Waals surface area contributed by atoms with E-state index < -0.39 is 5.82 Å². The molecule has 3 rings (SSSR count). The molecule has 17 heavy (non-hydrogen) atoms. The molecular weight excluding hydrogens is 223 g/mol. The van der Waals surface area contributed by atoms with Gasteiger partial charge in [-0.25, -0.2) is 9.37 Å². The second kappa shape index (κ2) is 3.31. The van der Waals surface area contributed by atoms with Crippen LogP contribution in [0.4, 0.5) is 10.2 Å². The lowest BCUT2D eigenvalue weighted by atomic mass is 10.1. The van der Waals surface area contributed by atoms with Gasteiger partial charge < -0.3 is 15.2 Å². The van der Waals surface area contributed by atoms with Crippen LogP contribution in [0.3, 0.4) is 0 Å². The van der Waals surface area contributed by atoms with Crippen LogP contribution in [0.15, 0.2) is 22.9 Å². The average molecular weight is 232 g/mol. The van der Waals surface area contributed by atoms with Crippen LogP contribution in [0, 0.1) is 12.7 Å². The number of aryl methyl sites for hydroxylation is 1. The van der Waals surface area contributed by atoms with Crippen LogP contribution in [-0.4, -0.2) is 15.1 Å². The fourth-order valence-electron chi connectivity index (χ4n) is 1.76. The smallest absolute Gasteiger partial charge is 0.205 e. The Bertz CT molecular complexity index is 701. The maximum atomic E-state index is 14.1. The highest BCUT2D eigenvalue weighted by Gasteiger charge is 2.16. The maximum Gasteiger partial charge on any atom is 0.205 e. The van der Waals surface area contributed by atoms with Crippen molar-refractivity contribution in [3.8, 4) is 11.3 Å². The Labute approximate surface area is 95.4 Å². The number of halogens is 1. The van der Waals surface area contributed by atoms with Crippen molar-refractivity contribution < 1.29 is 8.91 Å². The molecule has 2 aromatic heterocycles. The number of hydrogen-bond acceptors (Lipinski definition) is 4. The fourth-order valence-corrected chi connectivity index (χ4v) is 1.76. The lowest BCUT2D eigenvalue weighted by molar-refractivity contribution is 0.444. The van der Waals surface area contributed by atoms with E-state index in [1.165, 1.54) is 0 Å². The number of fused-ring (bicyclic) bond motifs is 1. The number of rotatable bonds is 1. The molecule has 6 heteroatoms. The van der Waals surface area contributed by atoms with Crippen molar-refractivity contribution in [3.05, 3.63) is 30.0 Å². The maximum absolute atomic E-state index is 14.1. The first kappa shape index (κ1) is 9.83. The minimum atomic E-state index is -0.490. The van der Waals surface area contributed by atoms with Crippen LogP contribution >= 0.6 is 0 Å². The summed E-state index contributed by atoms with van der Waals surface area (Å²) in [5, 5.41) is 4.01. The number of imidazole rings is 1. The van der Waals surface area contributed by atoms with Gasteiger partial charge in [0.2, 0.25) is 5.58 Å². The molecule has 0 saturated carbocycles. The third-order valence-corrected chi connectivity index (χ3v) is 2.60. The Hall–Kier alpha value is -2.37. The first-order valence-electron chi connectivity index (χ1n) is 5.02. The van der Waals surface area contributed by atoms with Gasteiger partial charge in [0.15, 0.2) is 11.6 Å². The van der Waals surface area contributed by atoms with Gasteiger partial charge in [-0.2, -0.15) is 0 Å². The lowest BCUT2D eigenvalue weighted by Gasteiger charge is -1.99. The molecular formula is C11H9FN4O. The molecule has 0 aliphatic carbocycles. The summed E-state index contributed by atoms with van der Waals surface area (Å²) < 4.78 is 19.0. The Morgan fingerprint density at radius 2 is 2.24 bits per heavy atom. The zero-order chi connectivity index (χ0) is 12.0. The zero-order valence-electron chi connectivity index (χ0n) is 8.99. The molecule has 0 amide bonds. The Morgan fingerprint density at radius 1 is 1.41 bits per heavy atom. The van der Waals surface area contributed by atoms with Crippen molar-refractivity contribution in [2.24, 2.45) is 0 Å². The molecule has 0 atom stereocenters. The number of nitrogens with two attached hydrogens (primary N) is 1. The molecule has 1 aromatic carbocycles. The second-order valence-electron chi connectivity index (χ2n) is 3.75. The van der Waals surface area contributed by atoms with Gasteiger partial charge in [-0.3, -0.25) is 0 Å². The molecule has 3 N–H and O–H groups in total. The summed E-state index contributed by atoms with van der Waals surface area (Å²) in [5.74, 6) is 0.415. The summed E-state index contributed by atoms with van der Waals surface area (Å²) in [6, 6.07) is 3.30. The van der Waals surface area contributed by atoms with Crippen LogP contribution in [0.5, 0.6) is 0 Å². The van der Waals surface area contributed by atoms with E-state index in [1.807, 2.05) is 0 Å². The van der Waals surface area contributed by atoms with Gasteiger partial charge >= 0.3 is 0 Å². The van der Waals surface area contributed by atoms with E-state index in [0.29, 0.717) is 16.6 Å². The number of H-pyrrole nitrogens is 1. The molecule has 5 nitrogen and oxygen atoms in total. The van der Waals surface area contributed by atoms with Crippen molar-refractivity contribution in [1.82, 2.24) is 15.1 Å². The fraction of sp³-hybridized carbons (Fsp3) is 0.0909. The summed E-state index contributed by atoms with van der Waals surface area (Å²) in [6.07, 6.45) is 1.57. The Kier molecular flexibility index (Phi) is 1.91. The van der Waals surface area contributed by atoms with Crippen LogP contribution < -0.4 is 5.73 Å². The Morgan fingerprint density at radius 3 is 2.94 bits per heavy atom. The van der Waals surface area contributed by atoms with E-state index in [4.69, 9.17) is 10.3 Å². The number of anilines is 1. The van der Waals surface area contributed by atoms with Gasteiger partial charge in [0.05, 0.1) is 17.3 Å². The number of nitrogens with zero attached hydrogens (tertiary/aromatic N) is 2. The minimum Gasteiger partial charge on any atom is -0.380 e. The van der Waals surface area contributed by atoms with Crippen molar-refractivity contribution in [2.45, 2.75) is 6.92 Å². The number of nitrogens with one attached hydrogen (secondary N) is 1. The molecule has 0 saturated heterocycles. The van der Waals surface area contributed by atoms with Gasteiger partial charge in [0, 0.05) is 5.56 Å². The first-order valence-corrected chi connectivity index (χ1v) is 5.02. The number of hydrogen-bond donors (Lipinski definition) is 2. The number of benzene rings is 1. The van der Waals surface area contributed by atoms with E-state index in [0.717, 1.165) is 5.82 Å². The third-order valence-electron chi connectivity index (χ3n) is 2.60. The van der Waals surface area contributed by atoms with Gasteiger partial charge in [-0.1, -0.05) is 5.16 Å². The molecule has 0 bridgehead atoms. The van der Waals surface area contributed by atoms with Crippen LogP contribution in [0.25, 0.3) is 22.2 Å². The van der Waals surface area contributed by atoms with Gasteiger partial charge in [0.25, 0.3) is 0 Å². The average Bonchev–Trinajstić information content (AvgIpc) is 2.87. The highest BCUT2D eigenvalue weighted by atomic mass is 19.1. The molecule has 2 heterocycles. The Balaban J connectivity index is 2.28.